The van der Waals surface area contributed by atoms with Crippen LogP contribution in [0.2, 0.25) is 0 Å². The summed E-state index contributed by atoms with van der Waals surface area (Å²) in [6.07, 6.45) is 0.842. The van der Waals surface area contributed by atoms with Crippen LogP contribution in [-0.4, -0.2) is 47.8 Å². The van der Waals surface area contributed by atoms with Crippen molar-refractivity contribution in [1.82, 2.24) is 10.2 Å². The Morgan fingerprint density at radius 1 is 1.35 bits per heavy atom. The number of methoxy groups -OCH3 is 2. The van der Waals surface area contributed by atoms with Gasteiger partial charge in [0.25, 0.3) is 5.91 Å². The SMILES string of the molecule is CC[C@H](C)NC(=O)[C@H]1N2C(=O)c3c(ccc(OC)c3OC)[C@H]2SC1(C)C. The Morgan fingerprint density at radius 3 is 2.62 bits per heavy atom. The molecular weight excluding hydrogens is 352 g/mol. The molecular formula is C19H26N2O4S. The van der Waals surface area contributed by atoms with E-state index in [-0.39, 0.29) is 28.0 Å². The Labute approximate surface area is 158 Å². The largest absolute Gasteiger partial charge is 0.493 e. The van der Waals surface area contributed by atoms with Crippen LogP contribution >= 0.6 is 11.8 Å². The van der Waals surface area contributed by atoms with Gasteiger partial charge < -0.3 is 19.7 Å². The van der Waals surface area contributed by atoms with Gasteiger partial charge in [0, 0.05) is 16.4 Å². The van der Waals surface area contributed by atoms with E-state index in [1.165, 1.54) is 7.11 Å². The first-order valence-electron chi connectivity index (χ1n) is 8.82. The first-order chi connectivity index (χ1) is 12.3. The zero-order valence-corrected chi connectivity index (χ0v) is 16.9. The fraction of sp³-hybridized carbons (Fsp3) is 0.579. The molecule has 0 radical (unpaired) electrons. The molecule has 1 N–H and O–H groups in total. The molecule has 142 valence electrons. The van der Waals surface area contributed by atoms with Crippen molar-refractivity contribution < 1.29 is 19.1 Å². The van der Waals surface area contributed by atoms with Crippen molar-refractivity contribution in [3.63, 3.8) is 0 Å². The maximum absolute atomic E-state index is 13.3. The molecule has 2 aliphatic rings. The minimum atomic E-state index is -0.540. The highest BCUT2D eigenvalue weighted by Crippen LogP contribution is 2.58. The van der Waals surface area contributed by atoms with E-state index in [0.29, 0.717) is 17.1 Å². The van der Waals surface area contributed by atoms with Gasteiger partial charge in [0.15, 0.2) is 11.5 Å². The molecule has 1 fully saturated rings. The van der Waals surface area contributed by atoms with Crippen LogP contribution in [0.5, 0.6) is 11.5 Å². The van der Waals surface area contributed by atoms with E-state index < -0.39 is 6.04 Å². The molecule has 7 heteroatoms. The molecule has 0 aliphatic carbocycles. The zero-order chi connectivity index (χ0) is 19.2. The summed E-state index contributed by atoms with van der Waals surface area (Å²) in [6, 6.07) is 3.24. The highest BCUT2D eigenvalue weighted by Gasteiger charge is 2.58. The lowest BCUT2D eigenvalue weighted by molar-refractivity contribution is -0.126. The molecule has 3 atom stereocenters. The second kappa shape index (κ2) is 6.68. The number of benzene rings is 1. The van der Waals surface area contributed by atoms with E-state index in [1.807, 2.05) is 39.8 Å². The van der Waals surface area contributed by atoms with Gasteiger partial charge in [0.05, 0.1) is 19.8 Å². The average molecular weight is 378 g/mol. The lowest BCUT2D eigenvalue weighted by Gasteiger charge is -2.30. The van der Waals surface area contributed by atoms with Crippen molar-refractivity contribution in [2.45, 2.75) is 56.3 Å². The highest BCUT2D eigenvalue weighted by atomic mass is 32.2. The molecule has 0 unspecified atom stereocenters. The second-order valence-electron chi connectivity index (χ2n) is 7.27. The van der Waals surface area contributed by atoms with Gasteiger partial charge >= 0.3 is 0 Å². The van der Waals surface area contributed by atoms with Crippen molar-refractivity contribution >= 4 is 23.6 Å². The Morgan fingerprint density at radius 2 is 2.04 bits per heavy atom. The number of nitrogens with zero attached hydrogens (tertiary/aromatic N) is 1. The van der Waals surface area contributed by atoms with Gasteiger partial charge in [-0.15, -0.1) is 11.8 Å². The summed E-state index contributed by atoms with van der Waals surface area (Å²) in [5.41, 5.74) is 1.38. The molecule has 2 aliphatic heterocycles. The minimum Gasteiger partial charge on any atom is -0.493 e. The summed E-state index contributed by atoms with van der Waals surface area (Å²) in [7, 11) is 3.07. The molecule has 2 heterocycles. The topological polar surface area (TPSA) is 67.9 Å². The Bertz CT molecular complexity index is 749. The van der Waals surface area contributed by atoms with Crippen LogP contribution in [0.15, 0.2) is 12.1 Å². The number of carbonyl (C=O) groups excluding carboxylic acids is 2. The monoisotopic (exact) mass is 378 g/mol. The van der Waals surface area contributed by atoms with Gasteiger partial charge in [-0.1, -0.05) is 13.0 Å². The number of amides is 2. The van der Waals surface area contributed by atoms with Gasteiger partial charge in [0.1, 0.15) is 11.4 Å². The molecule has 0 aromatic heterocycles. The van der Waals surface area contributed by atoms with E-state index in [1.54, 1.807) is 23.8 Å². The number of hydrogen-bond acceptors (Lipinski definition) is 5. The normalized spacial score (nSPS) is 24.1. The van der Waals surface area contributed by atoms with Crippen molar-refractivity contribution in [3.05, 3.63) is 23.3 Å². The van der Waals surface area contributed by atoms with Gasteiger partial charge in [-0.2, -0.15) is 0 Å². The Kier molecular flexibility index (Phi) is 4.86. The van der Waals surface area contributed by atoms with Crippen LogP contribution in [0.1, 0.15) is 55.4 Å². The summed E-state index contributed by atoms with van der Waals surface area (Å²) in [4.78, 5) is 28.0. The first-order valence-corrected chi connectivity index (χ1v) is 9.70. The fourth-order valence-electron chi connectivity index (χ4n) is 3.68. The third kappa shape index (κ3) is 2.73. The van der Waals surface area contributed by atoms with Gasteiger partial charge in [-0.05, 0) is 33.3 Å². The van der Waals surface area contributed by atoms with E-state index in [4.69, 9.17) is 9.47 Å². The number of fused-ring (bicyclic) bond motifs is 3. The van der Waals surface area contributed by atoms with Crippen LogP contribution < -0.4 is 14.8 Å². The van der Waals surface area contributed by atoms with Crippen LogP contribution in [0.4, 0.5) is 0 Å². The van der Waals surface area contributed by atoms with Crippen LogP contribution in [0.3, 0.4) is 0 Å². The molecule has 6 nitrogen and oxygen atoms in total. The standard InChI is InChI=1S/C19H26N2O4S/c1-7-10(2)20-16(22)15-19(3,4)26-18-11-8-9-12(24-5)14(25-6)13(11)17(23)21(15)18/h8-10,15,18H,7H2,1-6H3,(H,20,22)/t10-,15+,18+/m0/s1. The lowest BCUT2D eigenvalue weighted by Crippen LogP contribution is -2.54. The summed E-state index contributed by atoms with van der Waals surface area (Å²) >= 11 is 1.64. The predicted molar refractivity (Wildman–Crippen MR) is 102 cm³/mol. The van der Waals surface area contributed by atoms with Crippen molar-refractivity contribution in [2.24, 2.45) is 0 Å². The molecule has 3 rings (SSSR count). The molecule has 0 spiro atoms. The van der Waals surface area contributed by atoms with Gasteiger partial charge in [-0.3, -0.25) is 9.59 Å². The molecule has 2 amide bonds. The summed E-state index contributed by atoms with van der Waals surface area (Å²) in [5.74, 6) is 0.670. The smallest absolute Gasteiger partial charge is 0.260 e. The second-order valence-corrected chi connectivity index (χ2v) is 9.01. The van der Waals surface area contributed by atoms with Gasteiger partial charge in [0.2, 0.25) is 5.91 Å². The molecule has 26 heavy (non-hydrogen) atoms. The number of nitrogens with one attached hydrogen (secondary N) is 1. The van der Waals surface area contributed by atoms with Crippen LogP contribution in [0, 0.1) is 0 Å². The maximum atomic E-state index is 13.3. The highest BCUT2D eigenvalue weighted by molar-refractivity contribution is 8.01. The number of thioether (sulfide) groups is 1. The average Bonchev–Trinajstić information content (AvgIpc) is 3.03. The third-order valence-electron chi connectivity index (χ3n) is 5.15. The Hall–Kier alpha value is -1.89. The third-order valence-corrected chi connectivity index (χ3v) is 6.68. The lowest BCUT2D eigenvalue weighted by atomic mass is 10.00. The maximum Gasteiger partial charge on any atom is 0.260 e. The molecule has 0 saturated carbocycles. The Balaban J connectivity index is 2.04. The van der Waals surface area contributed by atoms with Gasteiger partial charge in [-0.25, -0.2) is 0 Å². The van der Waals surface area contributed by atoms with Crippen LogP contribution in [-0.2, 0) is 4.79 Å². The predicted octanol–water partition coefficient (Wildman–Crippen LogP) is 2.97. The number of rotatable bonds is 5. The van der Waals surface area contributed by atoms with Crippen molar-refractivity contribution in [2.75, 3.05) is 14.2 Å². The molecule has 1 aromatic rings. The minimum absolute atomic E-state index is 0.0667. The molecule has 1 aromatic carbocycles. The zero-order valence-electron chi connectivity index (χ0n) is 16.1. The first kappa shape index (κ1) is 18.9. The molecule has 1 saturated heterocycles. The number of carbonyl (C=O) groups is 2. The van der Waals surface area contributed by atoms with Crippen LogP contribution in [0.25, 0.3) is 0 Å². The van der Waals surface area contributed by atoms with E-state index in [9.17, 15) is 9.59 Å². The number of hydrogen-bond donors (Lipinski definition) is 1. The summed E-state index contributed by atoms with van der Waals surface area (Å²) in [5, 5.41) is 2.84. The van der Waals surface area contributed by atoms with Crippen molar-refractivity contribution in [1.29, 1.82) is 0 Å². The van der Waals surface area contributed by atoms with E-state index >= 15 is 0 Å². The summed E-state index contributed by atoms with van der Waals surface area (Å²) < 4.78 is 10.4. The van der Waals surface area contributed by atoms with E-state index in [0.717, 1.165) is 12.0 Å². The summed E-state index contributed by atoms with van der Waals surface area (Å²) in [6.45, 7) is 8.03. The number of ether oxygens (including phenoxy) is 2. The van der Waals surface area contributed by atoms with Crippen molar-refractivity contribution in [3.8, 4) is 11.5 Å². The fourth-order valence-corrected chi connectivity index (χ4v) is 5.26. The van der Waals surface area contributed by atoms with E-state index in [2.05, 4.69) is 5.32 Å². The quantitative estimate of drug-likeness (QED) is 0.853. The molecule has 0 bridgehead atoms.